The molecule has 0 bridgehead atoms. The smallest absolute Gasteiger partial charge is 0.262 e. The Morgan fingerprint density at radius 2 is 1.92 bits per heavy atom. The Morgan fingerprint density at radius 1 is 1.32 bits per heavy atom. The lowest BCUT2D eigenvalue weighted by molar-refractivity contribution is -0.123. The van der Waals surface area contributed by atoms with Crippen molar-refractivity contribution in [1.82, 2.24) is 16.0 Å². The Hall–Kier alpha value is -0.950. The topological polar surface area (TPSA) is 53.2 Å². The molecule has 0 spiro atoms. The van der Waals surface area contributed by atoms with Gasteiger partial charge in [0.2, 0.25) is 5.91 Å². The zero-order chi connectivity index (χ0) is 17.1. The molecule has 0 aromatic heterocycles. The first-order valence-corrected chi connectivity index (χ1v) is 7.90. The fraction of sp³-hybridized carbons (Fsp3) is 0.588. The number of hydrogen-bond acceptors (Lipinski definition) is 3. The molecule has 4 nitrogen and oxygen atoms in total. The summed E-state index contributed by atoms with van der Waals surface area (Å²) in [6.45, 7) is 5.94. The molecule has 2 rings (SSSR count). The Kier molecular flexibility index (Phi) is 9.30. The van der Waals surface area contributed by atoms with Crippen molar-refractivity contribution < 1.29 is 13.6 Å². The van der Waals surface area contributed by atoms with Crippen LogP contribution in [0.15, 0.2) is 30.3 Å². The van der Waals surface area contributed by atoms with E-state index in [2.05, 4.69) is 22.9 Å². The van der Waals surface area contributed by atoms with Gasteiger partial charge < -0.3 is 10.6 Å². The van der Waals surface area contributed by atoms with E-state index in [9.17, 15) is 13.6 Å². The third-order valence-electron chi connectivity index (χ3n) is 4.04. The van der Waals surface area contributed by atoms with Gasteiger partial charge in [-0.15, -0.1) is 24.8 Å². The molecule has 2 atom stereocenters. The van der Waals surface area contributed by atoms with Crippen LogP contribution in [-0.4, -0.2) is 36.5 Å². The predicted octanol–water partition coefficient (Wildman–Crippen LogP) is 3.07. The maximum atomic E-state index is 13.1. The molecule has 1 amide bonds. The van der Waals surface area contributed by atoms with E-state index < -0.39 is 24.9 Å². The third-order valence-corrected chi connectivity index (χ3v) is 4.04. The summed E-state index contributed by atoms with van der Waals surface area (Å²) in [5, 5.41) is 8.78. The van der Waals surface area contributed by atoms with Crippen molar-refractivity contribution in [2.45, 2.75) is 50.7 Å². The highest BCUT2D eigenvalue weighted by Crippen LogP contribution is 2.25. The summed E-state index contributed by atoms with van der Waals surface area (Å²) in [6, 6.07) is 9.31. The minimum absolute atomic E-state index is 0. The van der Waals surface area contributed by atoms with Crippen molar-refractivity contribution in [3.63, 3.8) is 0 Å². The van der Waals surface area contributed by atoms with Gasteiger partial charge in [0.25, 0.3) is 5.92 Å². The molecule has 1 aromatic carbocycles. The number of nitrogens with one attached hydrogen (secondary N) is 3. The van der Waals surface area contributed by atoms with Gasteiger partial charge in [0.05, 0.1) is 12.6 Å². The van der Waals surface area contributed by atoms with Gasteiger partial charge in [-0.05, 0) is 26.3 Å². The van der Waals surface area contributed by atoms with Gasteiger partial charge in [-0.1, -0.05) is 30.3 Å². The highest BCUT2D eigenvalue weighted by molar-refractivity contribution is 5.85. The fourth-order valence-electron chi connectivity index (χ4n) is 2.79. The molecule has 144 valence electrons. The predicted molar refractivity (Wildman–Crippen MR) is 101 cm³/mol. The summed E-state index contributed by atoms with van der Waals surface area (Å²) in [5.41, 5.74) is 0.801. The molecule has 25 heavy (non-hydrogen) atoms. The summed E-state index contributed by atoms with van der Waals surface area (Å²) < 4.78 is 26.3. The molecule has 0 saturated carbocycles. The minimum atomic E-state index is -2.79. The number of carbonyl (C=O) groups is 1. The van der Waals surface area contributed by atoms with Crippen molar-refractivity contribution in [1.29, 1.82) is 0 Å². The van der Waals surface area contributed by atoms with Gasteiger partial charge in [-0.3, -0.25) is 10.1 Å². The van der Waals surface area contributed by atoms with E-state index in [0.717, 1.165) is 5.56 Å². The third kappa shape index (κ3) is 7.44. The van der Waals surface area contributed by atoms with E-state index >= 15 is 0 Å². The molecule has 1 fully saturated rings. The van der Waals surface area contributed by atoms with E-state index in [4.69, 9.17) is 0 Å². The molecule has 0 radical (unpaired) electrons. The van der Waals surface area contributed by atoms with Crippen LogP contribution in [0.3, 0.4) is 0 Å². The van der Waals surface area contributed by atoms with Gasteiger partial charge in [0, 0.05) is 24.5 Å². The van der Waals surface area contributed by atoms with Gasteiger partial charge in [-0.25, -0.2) is 8.78 Å². The van der Waals surface area contributed by atoms with E-state index in [1.165, 1.54) is 0 Å². The lowest BCUT2D eigenvalue weighted by Crippen LogP contribution is -2.52. The van der Waals surface area contributed by atoms with E-state index in [1.54, 1.807) is 0 Å². The summed E-state index contributed by atoms with van der Waals surface area (Å²) in [4.78, 5) is 12.0. The molecule has 1 heterocycles. The molecule has 1 aliphatic heterocycles. The van der Waals surface area contributed by atoms with Crippen molar-refractivity contribution in [3.05, 3.63) is 35.9 Å². The molecule has 0 aliphatic carbocycles. The van der Waals surface area contributed by atoms with Gasteiger partial charge in [0.1, 0.15) is 0 Å². The fourth-order valence-corrected chi connectivity index (χ4v) is 2.79. The second-order valence-corrected chi connectivity index (χ2v) is 6.87. The first-order valence-electron chi connectivity index (χ1n) is 7.90. The van der Waals surface area contributed by atoms with Crippen LogP contribution in [0.2, 0.25) is 0 Å². The molecule has 3 N–H and O–H groups in total. The Labute approximate surface area is 160 Å². The maximum Gasteiger partial charge on any atom is 0.262 e. The van der Waals surface area contributed by atoms with E-state index in [0.29, 0.717) is 6.54 Å². The molecular weight excluding hydrogens is 371 g/mol. The van der Waals surface area contributed by atoms with E-state index in [-0.39, 0.29) is 42.3 Å². The number of rotatable bonds is 6. The number of benzene rings is 1. The van der Waals surface area contributed by atoms with Gasteiger partial charge >= 0.3 is 0 Å². The molecule has 1 aliphatic rings. The van der Waals surface area contributed by atoms with Crippen LogP contribution in [0, 0.1) is 0 Å². The van der Waals surface area contributed by atoms with Crippen molar-refractivity contribution in [2.24, 2.45) is 0 Å². The zero-order valence-electron chi connectivity index (χ0n) is 14.6. The molecule has 1 aromatic rings. The number of hydrogen-bond donors (Lipinski definition) is 3. The Balaban J connectivity index is 0.00000288. The highest BCUT2D eigenvalue weighted by Gasteiger charge is 2.42. The van der Waals surface area contributed by atoms with Crippen LogP contribution in [0.25, 0.3) is 0 Å². The van der Waals surface area contributed by atoms with Crippen LogP contribution < -0.4 is 16.0 Å². The normalized spacial score (nSPS) is 20.1. The number of alkyl halides is 2. The number of amides is 1. The minimum Gasteiger partial charge on any atom is -0.353 e. The van der Waals surface area contributed by atoms with Crippen LogP contribution in [0.5, 0.6) is 0 Å². The SMILES string of the molecule is CC(NC(C)(C)CNC(=O)C1CC(F)(F)CN1)c1ccccc1.Cl.Cl. The molecule has 2 unspecified atom stereocenters. The molecule has 1 saturated heterocycles. The van der Waals surface area contributed by atoms with Crippen molar-refractivity contribution in [3.8, 4) is 0 Å². The summed E-state index contributed by atoms with van der Waals surface area (Å²) in [5.74, 6) is -3.16. The van der Waals surface area contributed by atoms with Crippen LogP contribution in [0.4, 0.5) is 8.78 Å². The highest BCUT2D eigenvalue weighted by atomic mass is 35.5. The number of halogens is 4. The number of carbonyl (C=O) groups excluding carboxylic acids is 1. The van der Waals surface area contributed by atoms with Gasteiger partial charge in [0.15, 0.2) is 0 Å². The quantitative estimate of drug-likeness (QED) is 0.691. The molecular formula is C17H27Cl2F2N3O. The maximum absolute atomic E-state index is 13.1. The lowest BCUT2D eigenvalue weighted by atomic mass is 10.0. The summed E-state index contributed by atoms with van der Waals surface area (Å²) in [7, 11) is 0. The second kappa shape index (κ2) is 9.67. The van der Waals surface area contributed by atoms with Crippen LogP contribution >= 0.6 is 24.8 Å². The summed E-state index contributed by atoms with van der Waals surface area (Å²) in [6.07, 6.45) is -0.437. The first kappa shape index (κ1) is 24.1. The Bertz CT molecular complexity index is 544. The Morgan fingerprint density at radius 3 is 2.44 bits per heavy atom. The van der Waals surface area contributed by atoms with Crippen LogP contribution in [-0.2, 0) is 4.79 Å². The largest absolute Gasteiger partial charge is 0.353 e. The monoisotopic (exact) mass is 397 g/mol. The van der Waals surface area contributed by atoms with Crippen LogP contribution in [0.1, 0.15) is 38.8 Å². The second-order valence-electron chi connectivity index (χ2n) is 6.87. The zero-order valence-corrected chi connectivity index (χ0v) is 16.3. The van der Waals surface area contributed by atoms with Crippen molar-refractivity contribution >= 4 is 30.7 Å². The van der Waals surface area contributed by atoms with E-state index in [1.807, 2.05) is 44.2 Å². The van der Waals surface area contributed by atoms with Crippen molar-refractivity contribution in [2.75, 3.05) is 13.1 Å². The summed E-state index contributed by atoms with van der Waals surface area (Å²) >= 11 is 0. The first-order chi connectivity index (χ1) is 10.7. The average molecular weight is 398 g/mol. The molecule has 8 heteroatoms. The average Bonchev–Trinajstić information content (AvgIpc) is 2.85. The standard InChI is InChI=1S/C17H25F2N3O.2ClH/c1-12(13-7-5-4-6-8-13)22-16(2,3)10-21-15(23)14-9-17(18,19)11-20-14;;/h4-8,12,14,20,22H,9-11H2,1-3H3,(H,21,23);2*1H. The van der Waals surface area contributed by atoms with Gasteiger partial charge in [-0.2, -0.15) is 0 Å². The lowest BCUT2D eigenvalue weighted by Gasteiger charge is -2.31.